The number of carbonyl (C=O) groups is 1. The van der Waals surface area contributed by atoms with Gasteiger partial charge >= 0.3 is 5.97 Å². The zero-order valence-corrected chi connectivity index (χ0v) is 13.0. The van der Waals surface area contributed by atoms with Crippen molar-refractivity contribution in [1.82, 2.24) is 4.98 Å². The number of benzene rings is 1. The Balaban J connectivity index is 2.44. The number of carbonyl (C=O) groups excluding carboxylic acids is 1. The van der Waals surface area contributed by atoms with Gasteiger partial charge in [-0.15, -0.1) is 0 Å². The number of hydrogen-bond donors (Lipinski definition) is 0. The number of aromatic nitrogens is 1. The SMILES string of the molecule is COC(=O)c1cccc(-c2cccc(S(C)(C)C)c2)n1. The molecule has 0 aliphatic rings. The third-order valence-electron chi connectivity index (χ3n) is 2.98. The molecule has 0 amide bonds. The van der Waals surface area contributed by atoms with Crippen molar-refractivity contribution in [2.75, 3.05) is 25.9 Å². The van der Waals surface area contributed by atoms with Crippen LogP contribution >= 0.6 is 10.0 Å². The molecule has 106 valence electrons. The summed E-state index contributed by atoms with van der Waals surface area (Å²) in [6, 6.07) is 13.7. The molecule has 0 atom stereocenters. The van der Waals surface area contributed by atoms with Crippen LogP contribution in [0, 0.1) is 0 Å². The van der Waals surface area contributed by atoms with Gasteiger partial charge in [-0.1, -0.05) is 24.3 Å². The molecular formula is C16H19NO2S. The molecule has 0 saturated carbocycles. The predicted octanol–water partition coefficient (Wildman–Crippen LogP) is 3.59. The molecule has 0 fully saturated rings. The quantitative estimate of drug-likeness (QED) is 0.811. The highest BCUT2D eigenvalue weighted by molar-refractivity contribution is 8.32. The second-order valence-electron chi connectivity index (χ2n) is 5.26. The smallest absolute Gasteiger partial charge is 0.356 e. The fraction of sp³-hybridized carbons (Fsp3) is 0.250. The zero-order chi connectivity index (χ0) is 14.8. The van der Waals surface area contributed by atoms with Crippen molar-refractivity contribution in [1.29, 1.82) is 0 Å². The van der Waals surface area contributed by atoms with Crippen LogP contribution in [0.2, 0.25) is 0 Å². The van der Waals surface area contributed by atoms with Crippen LogP contribution in [0.25, 0.3) is 11.3 Å². The highest BCUT2D eigenvalue weighted by atomic mass is 32.3. The molecule has 4 heteroatoms. The zero-order valence-electron chi connectivity index (χ0n) is 12.2. The fourth-order valence-corrected chi connectivity index (χ4v) is 2.82. The predicted molar refractivity (Wildman–Crippen MR) is 84.6 cm³/mol. The molecule has 1 heterocycles. The van der Waals surface area contributed by atoms with Crippen LogP contribution in [0.4, 0.5) is 0 Å². The molecule has 0 N–H and O–H groups in total. The molecule has 0 bridgehead atoms. The number of rotatable bonds is 3. The van der Waals surface area contributed by atoms with Gasteiger partial charge in [0.1, 0.15) is 5.69 Å². The number of methoxy groups -OCH3 is 1. The summed E-state index contributed by atoms with van der Waals surface area (Å²) in [5.41, 5.74) is 2.15. The van der Waals surface area contributed by atoms with Crippen LogP contribution in [0.3, 0.4) is 0 Å². The van der Waals surface area contributed by atoms with Gasteiger partial charge in [-0.25, -0.2) is 19.8 Å². The van der Waals surface area contributed by atoms with E-state index in [9.17, 15) is 4.79 Å². The maximum Gasteiger partial charge on any atom is 0.356 e. The lowest BCUT2D eigenvalue weighted by Gasteiger charge is -2.26. The first-order chi connectivity index (χ1) is 9.41. The summed E-state index contributed by atoms with van der Waals surface area (Å²) in [5.74, 6) is -0.413. The molecule has 2 aromatic rings. The van der Waals surface area contributed by atoms with Crippen LogP contribution in [-0.2, 0) is 4.74 Å². The molecule has 0 saturated heterocycles. The van der Waals surface area contributed by atoms with E-state index in [0.29, 0.717) is 5.69 Å². The van der Waals surface area contributed by atoms with Crippen molar-refractivity contribution in [3.63, 3.8) is 0 Å². The van der Waals surface area contributed by atoms with Crippen molar-refractivity contribution >= 4 is 16.0 Å². The van der Waals surface area contributed by atoms with E-state index in [4.69, 9.17) is 4.74 Å². The van der Waals surface area contributed by atoms with E-state index in [0.717, 1.165) is 11.3 Å². The van der Waals surface area contributed by atoms with Gasteiger partial charge in [0.15, 0.2) is 0 Å². The lowest BCUT2D eigenvalue weighted by molar-refractivity contribution is 0.0594. The normalized spacial score (nSPS) is 12.0. The van der Waals surface area contributed by atoms with Crippen LogP contribution in [0.1, 0.15) is 10.5 Å². The Bertz CT molecular complexity index is 632. The summed E-state index contributed by atoms with van der Waals surface area (Å²) in [5, 5.41) is 0. The van der Waals surface area contributed by atoms with E-state index in [1.165, 1.54) is 12.0 Å². The minimum absolute atomic E-state index is 0.332. The first-order valence-corrected chi connectivity index (χ1v) is 9.12. The molecule has 0 unspecified atom stereocenters. The average Bonchev–Trinajstić information content (AvgIpc) is 2.46. The Morgan fingerprint density at radius 1 is 1.10 bits per heavy atom. The first kappa shape index (κ1) is 14.6. The topological polar surface area (TPSA) is 39.2 Å². The van der Waals surface area contributed by atoms with Crippen LogP contribution in [-0.4, -0.2) is 36.8 Å². The maximum atomic E-state index is 11.5. The van der Waals surface area contributed by atoms with Gasteiger partial charge in [-0.2, -0.15) is 0 Å². The van der Waals surface area contributed by atoms with Gasteiger partial charge < -0.3 is 4.74 Å². The van der Waals surface area contributed by atoms with Gasteiger partial charge in [0.2, 0.25) is 0 Å². The maximum absolute atomic E-state index is 11.5. The van der Waals surface area contributed by atoms with E-state index >= 15 is 0 Å². The summed E-state index contributed by atoms with van der Waals surface area (Å²) in [4.78, 5) is 17.2. The molecule has 1 aromatic carbocycles. The molecule has 0 spiro atoms. The Kier molecular flexibility index (Phi) is 4.14. The third kappa shape index (κ3) is 3.20. The van der Waals surface area contributed by atoms with E-state index in [-0.39, 0.29) is 0 Å². The fourth-order valence-electron chi connectivity index (χ4n) is 1.85. The van der Waals surface area contributed by atoms with Gasteiger partial charge in [-0.05, 0) is 41.9 Å². The number of nitrogens with zero attached hydrogens (tertiary/aromatic N) is 1. The average molecular weight is 289 g/mol. The van der Waals surface area contributed by atoms with E-state index in [1.807, 2.05) is 24.3 Å². The molecule has 0 aliphatic carbocycles. The number of esters is 1. The van der Waals surface area contributed by atoms with Crippen LogP contribution in [0.15, 0.2) is 47.4 Å². The van der Waals surface area contributed by atoms with Crippen molar-refractivity contribution in [2.24, 2.45) is 0 Å². The molecular weight excluding hydrogens is 270 g/mol. The number of pyridine rings is 1. The minimum atomic E-state index is -0.784. The summed E-state index contributed by atoms with van der Waals surface area (Å²) in [6.45, 7) is 0. The summed E-state index contributed by atoms with van der Waals surface area (Å²) < 4.78 is 4.71. The number of ether oxygens (including phenoxy) is 1. The van der Waals surface area contributed by atoms with E-state index in [2.05, 4.69) is 35.9 Å². The highest BCUT2D eigenvalue weighted by Gasteiger charge is 2.11. The van der Waals surface area contributed by atoms with Crippen molar-refractivity contribution in [2.45, 2.75) is 4.90 Å². The second-order valence-corrected chi connectivity index (χ2v) is 9.41. The molecule has 0 radical (unpaired) electrons. The van der Waals surface area contributed by atoms with Gasteiger partial charge in [0.05, 0.1) is 12.8 Å². The number of hydrogen-bond acceptors (Lipinski definition) is 3. The molecule has 20 heavy (non-hydrogen) atoms. The van der Waals surface area contributed by atoms with Crippen LogP contribution < -0.4 is 0 Å². The lowest BCUT2D eigenvalue weighted by Crippen LogP contribution is -2.04. The Morgan fingerprint density at radius 3 is 2.45 bits per heavy atom. The second kappa shape index (κ2) is 5.67. The molecule has 0 aliphatic heterocycles. The summed E-state index contributed by atoms with van der Waals surface area (Å²) in [6.07, 6.45) is 6.76. The highest BCUT2D eigenvalue weighted by Crippen LogP contribution is 2.45. The van der Waals surface area contributed by atoms with Crippen LogP contribution in [0.5, 0.6) is 0 Å². The largest absolute Gasteiger partial charge is 0.464 e. The van der Waals surface area contributed by atoms with Gasteiger partial charge in [0, 0.05) is 5.56 Å². The Labute approximate surface area is 121 Å². The van der Waals surface area contributed by atoms with Crippen molar-refractivity contribution in [3.8, 4) is 11.3 Å². The monoisotopic (exact) mass is 289 g/mol. The Morgan fingerprint density at radius 2 is 1.80 bits per heavy atom. The van der Waals surface area contributed by atoms with E-state index < -0.39 is 16.0 Å². The minimum Gasteiger partial charge on any atom is -0.464 e. The summed E-state index contributed by atoms with van der Waals surface area (Å²) in [7, 11) is 0.578. The molecule has 1 aromatic heterocycles. The van der Waals surface area contributed by atoms with E-state index in [1.54, 1.807) is 6.07 Å². The van der Waals surface area contributed by atoms with Crippen molar-refractivity contribution in [3.05, 3.63) is 48.2 Å². The first-order valence-electron chi connectivity index (χ1n) is 6.26. The third-order valence-corrected chi connectivity index (χ3v) is 4.65. The molecule has 3 nitrogen and oxygen atoms in total. The lowest BCUT2D eigenvalue weighted by atomic mass is 10.1. The summed E-state index contributed by atoms with van der Waals surface area (Å²) >= 11 is 0. The van der Waals surface area contributed by atoms with Gasteiger partial charge in [0.25, 0.3) is 0 Å². The molecule has 2 rings (SSSR count). The van der Waals surface area contributed by atoms with Crippen molar-refractivity contribution < 1.29 is 9.53 Å². The Hall–Kier alpha value is -1.81. The standard InChI is InChI=1S/C16H19NO2S/c1-19-16(18)15-10-6-9-14(17-15)12-7-5-8-13(11-12)20(2,3)4/h5-11H,1-4H3. The van der Waals surface area contributed by atoms with Gasteiger partial charge in [-0.3, -0.25) is 0 Å².